The van der Waals surface area contributed by atoms with Crippen LogP contribution in [0.1, 0.15) is 28.8 Å². The van der Waals surface area contributed by atoms with Gasteiger partial charge >= 0.3 is 12.4 Å². The van der Waals surface area contributed by atoms with Gasteiger partial charge in [-0.2, -0.15) is 18.6 Å². The van der Waals surface area contributed by atoms with Crippen LogP contribution in [-0.4, -0.2) is 67.5 Å². The molecule has 2 aliphatic heterocycles. The zero-order valence-electron chi connectivity index (χ0n) is 20.6. The third kappa shape index (κ3) is 5.35. The summed E-state index contributed by atoms with van der Waals surface area (Å²) in [5.74, 6) is -0.899. The van der Waals surface area contributed by atoms with E-state index in [9.17, 15) is 22.0 Å². The van der Waals surface area contributed by atoms with Gasteiger partial charge in [-0.3, -0.25) is 4.79 Å². The van der Waals surface area contributed by atoms with Crippen LogP contribution in [0.3, 0.4) is 0 Å². The number of quaternary nitrogens is 1. The first-order valence-corrected chi connectivity index (χ1v) is 13.7. The molecule has 204 valence electrons. The molecule has 1 atom stereocenters. The number of amides is 1. The molecule has 0 radical (unpaired) electrons. The number of alkyl halides is 2. The first-order chi connectivity index (χ1) is 18.6. The van der Waals surface area contributed by atoms with Gasteiger partial charge in [-0.05, 0) is 54.3 Å². The highest BCUT2D eigenvalue weighted by molar-refractivity contribution is 7.90. The van der Waals surface area contributed by atoms with Crippen molar-refractivity contribution >= 4 is 33.5 Å². The molecule has 3 aromatic rings. The maximum Gasteiger partial charge on any atom is 0.387 e. The summed E-state index contributed by atoms with van der Waals surface area (Å²) in [6.07, 6.45) is 5.54. The summed E-state index contributed by atoms with van der Waals surface area (Å²) < 4.78 is 67.6. The largest absolute Gasteiger partial charge is 0.435 e. The molecule has 0 aliphatic carbocycles. The average Bonchev–Trinajstić information content (AvgIpc) is 3.27. The van der Waals surface area contributed by atoms with Crippen LogP contribution in [0, 0.1) is 5.82 Å². The van der Waals surface area contributed by atoms with Crippen molar-refractivity contribution in [2.75, 3.05) is 19.3 Å². The molecule has 1 unspecified atom stereocenters. The maximum absolute atomic E-state index is 15.4. The second-order valence-corrected chi connectivity index (χ2v) is 11.0. The summed E-state index contributed by atoms with van der Waals surface area (Å²) in [6.45, 7) is -2.33. The van der Waals surface area contributed by atoms with Crippen molar-refractivity contribution in [3.05, 3.63) is 71.9 Å². The van der Waals surface area contributed by atoms with Crippen molar-refractivity contribution in [2.24, 2.45) is 5.10 Å². The summed E-state index contributed by atoms with van der Waals surface area (Å²) in [5.41, 5.74) is 0.777. The van der Waals surface area contributed by atoms with E-state index in [1.165, 1.54) is 55.1 Å². The normalized spacial score (nSPS) is 19.4. The molecule has 10 nitrogen and oxygen atoms in total. The fourth-order valence-corrected chi connectivity index (χ4v) is 5.13. The van der Waals surface area contributed by atoms with E-state index < -0.39 is 33.1 Å². The molecule has 14 heteroatoms. The van der Waals surface area contributed by atoms with Gasteiger partial charge in [0.2, 0.25) is 5.69 Å². The van der Waals surface area contributed by atoms with Gasteiger partial charge in [-0.25, -0.2) is 17.8 Å². The monoisotopic (exact) mass is 562 g/mol. The molecular formula is C25H23F3N5O5S+. The summed E-state index contributed by atoms with van der Waals surface area (Å²) in [6, 6.07) is 8.95. The van der Waals surface area contributed by atoms with Crippen molar-refractivity contribution in [3.63, 3.8) is 0 Å². The van der Waals surface area contributed by atoms with E-state index in [2.05, 4.69) is 19.8 Å². The number of ether oxygens (including phenoxy) is 1. The number of carbonyl (C=O) groups is 1. The van der Waals surface area contributed by atoms with Gasteiger partial charge in [0.1, 0.15) is 30.0 Å². The predicted molar refractivity (Wildman–Crippen MR) is 134 cm³/mol. The van der Waals surface area contributed by atoms with Crippen molar-refractivity contribution in [3.8, 4) is 5.75 Å². The van der Waals surface area contributed by atoms with Gasteiger partial charge in [-0.15, -0.1) is 0 Å². The third-order valence-electron chi connectivity index (χ3n) is 6.40. The third-order valence-corrected chi connectivity index (χ3v) is 7.51. The molecule has 1 amide bonds. The summed E-state index contributed by atoms with van der Waals surface area (Å²) in [4.78, 5) is 29.0. The Morgan fingerprint density at radius 1 is 1.13 bits per heavy atom. The molecule has 3 heterocycles. The molecule has 2 aromatic carbocycles. The number of nitrogens with zero attached hydrogens (tertiary/aromatic N) is 5. The minimum atomic E-state index is -3.65. The topological polar surface area (TPSA) is 111 Å². The zero-order valence-corrected chi connectivity index (χ0v) is 21.4. The minimum absolute atomic E-state index is 0.0465. The number of benzene rings is 2. The van der Waals surface area contributed by atoms with Crippen LogP contribution in [0.5, 0.6) is 5.75 Å². The molecule has 1 saturated heterocycles. The number of sulfone groups is 1. The Balaban J connectivity index is 1.35. The van der Waals surface area contributed by atoms with Crippen molar-refractivity contribution in [1.29, 1.82) is 0 Å². The number of fused-ring (bicyclic) bond motifs is 1. The van der Waals surface area contributed by atoms with E-state index in [1.54, 1.807) is 4.90 Å². The SMILES string of the molecule is CS(=O)(=O)c1ccc([N+]2(OC3CCN(C(=O)c4ccc(OC(F)F)cc4)CC3)N=Cc3cncnc32)c(F)c1. The van der Waals surface area contributed by atoms with Crippen LogP contribution in [0.2, 0.25) is 0 Å². The number of hydrogen-bond donors (Lipinski definition) is 0. The van der Waals surface area contributed by atoms with Crippen LogP contribution in [0.4, 0.5) is 24.7 Å². The first-order valence-electron chi connectivity index (χ1n) is 11.8. The van der Waals surface area contributed by atoms with E-state index in [4.69, 9.17) is 4.84 Å². The van der Waals surface area contributed by atoms with Crippen LogP contribution in [0.15, 0.2) is 65.0 Å². The van der Waals surface area contributed by atoms with Crippen molar-refractivity contribution in [1.82, 2.24) is 19.6 Å². The molecular weight excluding hydrogens is 539 g/mol. The van der Waals surface area contributed by atoms with E-state index in [1.807, 2.05) is 0 Å². The van der Waals surface area contributed by atoms with Crippen LogP contribution in [0.25, 0.3) is 0 Å². The van der Waals surface area contributed by atoms with Crippen molar-refractivity contribution in [2.45, 2.75) is 30.5 Å². The fourth-order valence-electron chi connectivity index (χ4n) is 4.49. The van der Waals surface area contributed by atoms with E-state index in [0.29, 0.717) is 37.1 Å². The Kier molecular flexibility index (Phi) is 7.09. The van der Waals surface area contributed by atoms with Gasteiger partial charge in [0, 0.05) is 41.9 Å². The second-order valence-electron chi connectivity index (χ2n) is 9.01. The molecule has 39 heavy (non-hydrogen) atoms. The van der Waals surface area contributed by atoms with E-state index in [-0.39, 0.29) is 28.1 Å². The Hall–Kier alpha value is -3.88. The molecule has 1 fully saturated rings. The van der Waals surface area contributed by atoms with Gasteiger partial charge in [0.15, 0.2) is 15.7 Å². The van der Waals surface area contributed by atoms with Gasteiger partial charge in [0.25, 0.3) is 5.91 Å². The number of aromatic nitrogens is 2. The smallest absolute Gasteiger partial charge is 0.387 e. The minimum Gasteiger partial charge on any atom is -0.435 e. The summed E-state index contributed by atoms with van der Waals surface area (Å²) >= 11 is 0. The molecule has 2 aliphatic rings. The quantitative estimate of drug-likeness (QED) is 0.403. The highest BCUT2D eigenvalue weighted by Crippen LogP contribution is 2.43. The van der Waals surface area contributed by atoms with Gasteiger partial charge in [-0.1, -0.05) is 0 Å². The van der Waals surface area contributed by atoms with Crippen LogP contribution < -0.4 is 9.49 Å². The number of likely N-dealkylation sites (tertiary alicyclic amines) is 1. The van der Waals surface area contributed by atoms with Crippen LogP contribution >= 0.6 is 0 Å². The summed E-state index contributed by atoms with van der Waals surface area (Å²) in [7, 11) is -3.65. The Morgan fingerprint density at radius 3 is 2.49 bits per heavy atom. The number of halogens is 3. The standard InChI is InChI=1S/C25H23F3N5O5S/c1-39(35,36)20-6-7-22(21(26)12-20)33(23-17(14-31-33)13-29-15-30-23)38-19-8-10-32(11-9-19)24(34)16-2-4-18(5-3-16)37-25(27)28/h2-7,12-15,19,25H,8-11H2,1H3/q+1. The molecule has 5 rings (SSSR count). The lowest BCUT2D eigenvalue weighted by Crippen LogP contribution is -2.47. The Labute approximate surface area is 221 Å². The number of rotatable bonds is 7. The fraction of sp³-hybridized carbons (Fsp3) is 0.280. The highest BCUT2D eigenvalue weighted by atomic mass is 32.2. The second kappa shape index (κ2) is 10.4. The predicted octanol–water partition coefficient (Wildman–Crippen LogP) is 3.84. The van der Waals surface area contributed by atoms with E-state index in [0.717, 1.165) is 12.3 Å². The molecule has 0 bridgehead atoms. The maximum atomic E-state index is 15.4. The van der Waals surface area contributed by atoms with Gasteiger partial charge < -0.3 is 9.64 Å². The van der Waals surface area contributed by atoms with Crippen LogP contribution in [-0.2, 0) is 14.7 Å². The average molecular weight is 563 g/mol. The molecule has 0 N–H and O–H groups in total. The molecule has 0 spiro atoms. The van der Waals surface area contributed by atoms with Gasteiger partial charge in [0.05, 0.1) is 4.90 Å². The summed E-state index contributed by atoms with van der Waals surface area (Å²) in [5, 5.41) is 4.44. The highest BCUT2D eigenvalue weighted by Gasteiger charge is 2.49. The number of hydrogen-bond acceptors (Lipinski definition) is 8. The Morgan fingerprint density at radius 2 is 1.85 bits per heavy atom. The van der Waals surface area contributed by atoms with E-state index >= 15 is 4.39 Å². The molecule has 1 aromatic heterocycles. The Bertz CT molecular complexity index is 1530. The molecule has 0 saturated carbocycles. The lowest BCUT2D eigenvalue weighted by atomic mass is 10.1. The lowest BCUT2D eigenvalue weighted by Gasteiger charge is -2.34. The lowest BCUT2D eigenvalue weighted by molar-refractivity contribution is -0.161. The number of piperidine rings is 1. The zero-order chi connectivity index (χ0) is 27.8. The first kappa shape index (κ1) is 26.7. The number of carbonyl (C=O) groups excluding carboxylic acids is 1. The van der Waals surface area contributed by atoms with Crippen molar-refractivity contribution < 1.29 is 36.0 Å².